The van der Waals surface area contributed by atoms with Gasteiger partial charge in [0.25, 0.3) is 0 Å². The highest BCUT2D eigenvalue weighted by molar-refractivity contribution is 9.10. The van der Waals surface area contributed by atoms with Gasteiger partial charge in [-0.25, -0.2) is 9.59 Å². The molecule has 0 aliphatic heterocycles. The van der Waals surface area contributed by atoms with Gasteiger partial charge in [0.2, 0.25) is 11.8 Å². The fourth-order valence-electron chi connectivity index (χ4n) is 5.09. The van der Waals surface area contributed by atoms with Gasteiger partial charge in [-0.05, 0) is 95.4 Å². The van der Waals surface area contributed by atoms with Gasteiger partial charge in [0.05, 0.1) is 11.7 Å². The number of carbonyl (C=O) groups is 4. The number of amides is 4. The molecule has 1 aliphatic rings. The Morgan fingerprint density at radius 3 is 2.04 bits per heavy atom. The van der Waals surface area contributed by atoms with Crippen LogP contribution in [0.2, 0.25) is 0 Å². The second-order valence-electron chi connectivity index (χ2n) is 11.9. The Labute approximate surface area is 298 Å². The highest BCUT2D eigenvalue weighted by Crippen LogP contribution is 2.28. The summed E-state index contributed by atoms with van der Waals surface area (Å²) in [4.78, 5) is 52.2. The molecule has 4 amide bonds. The number of primary amides is 1. The van der Waals surface area contributed by atoms with E-state index >= 15 is 0 Å². The molecule has 4 unspecified atom stereocenters. The third kappa shape index (κ3) is 11.3. The predicted octanol–water partition coefficient (Wildman–Crippen LogP) is 5.99. The van der Waals surface area contributed by atoms with E-state index in [1.54, 1.807) is 60.7 Å². The molecule has 49 heavy (non-hydrogen) atoms. The summed E-state index contributed by atoms with van der Waals surface area (Å²) in [6, 6.07) is 21.0. The number of hydrogen-bond donors (Lipinski definition) is 6. The Balaban J connectivity index is 1.67. The number of nitrogens with two attached hydrogens (primary N) is 1. The first-order chi connectivity index (χ1) is 23.4. The lowest BCUT2D eigenvalue weighted by atomic mass is 9.89. The standard InChI is InChI=1S/C35H39BrN6O6S/c1-20(2)16-28(31(37)43)40-32(44)22-18-27(42-33(49)41-26-15-14-21(3)17-25(26)36)30(48-35(46)39-24-12-8-5-9-13-24)29(19-22)47-34(45)38-23-10-6-4-7-11-23/h4-15,17-18,20,27-30H,16,19H2,1-3H3,(H2,37,43)(H,38,45)(H,39,46)(H,40,44)(H2,41,42,49). The van der Waals surface area contributed by atoms with Crippen molar-refractivity contribution >= 4 is 74.3 Å². The molecule has 7 N–H and O–H groups in total. The quantitative estimate of drug-likeness (QED) is 0.129. The SMILES string of the molecule is Cc1ccc(NC(=S)NC2C=C(C(=O)NC(CC(C)C)C(N)=O)CC(OC(=O)Nc3ccccc3)C2OC(=O)Nc2ccccc2)c(Br)c1. The minimum atomic E-state index is -1.18. The van der Waals surface area contributed by atoms with Crippen molar-refractivity contribution in [2.24, 2.45) is 11.7 Å². The Hall–Kier alpha value is -4.95. The van der Waals surface area contributed by atoms with Crippen LogP contribution in [0, 0.1) is 12.8 Å². The lowest BCUT2D eigenvalue weighted by Gasteiger charge is -2.36. The van der Waals surface area contributed by atoms with Gasteiger partial charge in [-0.1, -0.05) is 56.3 Å². The Bertz CT molecular complexity index is 1690. The number of benzene rings is 3. The fraction of sp³-hybridized carbons (Fsp3) is 0.286. The molecule has 0 saturated heterocycles. The molecule has 0 bridgehead atoms. The van der Waals surface area contributed by atoms with E-state index in [4.69, 9.17) is 27.4 Å². The van der Waals surface area contributed by atoms with E-state index in [1.807, 2.05) is 39.0 Å². The zero-order chi connectivity index (χ0) is 35.5. The number of nitrogens with one attached hydrogen (secondary N) is 5. The van der Waals surface area contributed by atoms with Crippen molar-refractivity contribution in [1.82, 2.24) is 10.6 Å². The molecule has 258 valence electrons. The molecular formula is C35H39BrN6O6S. The minimum Gasteiger partial charge on any atom is -0.442 e. The predicted molar refractivity (Wildman–Crippen MR) is 196 cm³/mol. The maximum Gasteiger partial charge on any atom is 0.412 e. The second kappa shape index (κ2) is 17.4. The van der Waals surface area contributed by atoms with Gasteiger partial charge < -0.3 is 31.2 Å². The molecule has 0 spiro atoms. The number of anilines is 3. The number of carbonyl (C=O) groups excluding carboxylic acids is 4. The molecule has 1 aliphatic carbocycles. The molecular weight excluding hydrogens is 712 g/mol. The number of rotatable bonds is 11. The van der Waals surface area contributed by atoms with Gasteiger partial charge in [-0.15, -0.1) is 0 Å². The Morgan fingerprint density at radius 2 is 1.49 bits per heavy atom. The minimum absolute atomic E-state index is 0.0655. The van der Waals surface area contributed by atoms with E-state index in [9.17, 15) is 19.2 Å². The van der Waals surface area contributed by atoms with Crippen molar-refractivity contribution in [1.29, 1.82) is 0 Å². The second-order valence-corrected chi connectivity index (χ2v) is 13.1. The van der Waals surface area contributed by atoms with Crippen LogP contribution in [0.5, 0.6) is 0 Å². The van der Waals surface area contributed by atoms with Crippen LogP contribution in [0.15, 0.2) is 95.0 Å². The van der Waals surface area contributed by atoms with E-state index in [1.165, 1.54) is 6.08 Å². The van der Waals surface area contributed by atoms with Crippen molar-refractivity contribution < 1.29 is 28.7 Å². The van der Waals surface area contributed by atoms with E-state index in [0.29, 0.717) is 23.5 Å². The van der Waals surface area contributed by atoms with E-state index in [-0.39, 0.29) is 23.0 Å². The van der Waals surface area contributed by atoms with Crippen LogP contribution in [0.25, 0.3) is 0 Å². The summed E-state index contributed by atoms with van der Waals surface area (Å²) in [5.41, 5.74) is 8.40. The van der Waals surface area contributed by atoms with Gasteiger partial charge in [0.1, 0.15) is 12.1 Å². The molecule has 4 atom stereocenters. The van der Waals surface area contributed by atoms with E-state index < -0.39 is 48.3 Å². The van der Waals surface area contributed by atoms with Crippen LogP contribution < -0.4 is 32.3 Å². The number of hydrogen-bond acceptors (Lipinski definition) is 7. The maximum absolute atomic E-state index is 13.6. The third-order valence-corrected chi connectivity index (χ3v) is 8.26. The summed E-state index contributed by atoms with van der Waals surface area (Å²) in [7, 11) is 0. The topological polar surface area (TPSA) is 173 Å². The fourth-order valence-corrected chi connectivity index (χ4v) is 5.93. The zero-order valence-electron chi connectivity index (χ0n) is 27.2. The summed E-state index contributed by atoms with van der Waals surface area (Å²) in [6.07, 6.45) is -2.33. The van der Waals surface area contributed by atoms with Gasteiger partial charge in [-0.3, -0.25) is 20.2 Å². The van der Waals surface area contributed by atoms with Crippen LogP contribution in [0.1, 0.15) is 32.3 Å². The van der Waals surface area contributed by atoms with Crippen molar-refractivity contribution in [3.63, 3.8) is 0 Å². The molecule has 0 heterocycles. The smallest absolute Gasteiger partial charge is 0.412 e. The first kappa shape index (κ1) is 36.9. The number of para-hydroxylation sites is 2. The normalized spacial score (nSPS) is 17.5. The lowest BCUT2D eigenvalue weighted by molar-refractivity contribution is -0.126. The molecule has 0 saturated carbocycles. The number of aryl methyl sites for hydroxylation is 1. The summed E-state index contributed by atoms with van der Waals surface area (Å²) in [5, 5.41) is 14.4. The van der Waals surface area contributed by atoms with Gasteiger partial charge in [0, 0.05) is 27.8 Å². The number of thiocarbonyl (C=S) groups is 1. The monoisotopic (exact) mass is 750 g/mol. The summed E-state index contributed by atoms with van der Waals surface area (Å²) < 4.78 is 12.5. The maximum atomic E-state index is 13.6. The third-order valence-electron chi connectivity index (χ3n) is 7.38. The molecule has 3 aromatic carbocycles. The Kier molecular flexibility index (Phi) is 13.1. The largest absolute Gasteiger partial charge is 0.442 e. The number of halogens is 1. The molecule has 0 fully saturated rings. The summed E-state index contributed by atoms with van der Waals surface area (Å²) in [6.45, 7) is 5.75. The molecule has 0 radical (unpaired) electrons. The summed E-state index contributed by atoms with van der Waals surface area (Å²) >= 11 is 9.17. The van der Waals surface area contributed by atoms with Crippen LogP contribution >= 0.6 is 28.1 Å². The highest BCUT2D eigenvalue weighted by atomic mass is 79.9. The molecule has 0 aromatic heterocycles. The van der Waals surface area contributed by atoms with Gasteiger partial charge >= 0.3 is 12.2 Å². The van der Waals surface area contributed by atoms with Gasteiger partial charge in [-0.2, -0.15) is 0 Å². The van der Waals surface area contributed by atoms with Crippen molar-refractivity contribution in [2.45, 2.75) is 57.9 Å². The lowest BCUT2D eigenvalue weighted by Crippen LogP contribution is -2.55. The van der Waals surface area contributed by atoms with Gasteiger partial charge in [0.15, 0.2) is 11.2 Å². The van der Waals surface area contributed by atoms with Crippen molar-refractivity contribution in [3.8, 4) is 0 Å². The van der Waals surface area contributed by atoms with Crippen molar-refractivity contribution in [3.05, 3.63) is 101 Å². The Morgan fingerprint density at radius 1 is 0.898 bits per heavy atom. The highest BCUT2D eigenvalue weighted by Gasteiger charge is 2.41. The first-order valence-corrected chi connectivity index (χ1v) is 16.8. The van der Waals surface area contributed by atoms with Crippen molar-refractivity contribution in [2.75, 3.05) is 16.0 Å². The first-order valence-electron chi connectivity index (χ1n) is 15.6. The summed E-state index contributed by atoms with van der Waals surface area (Å²) in [5.74, 6) is -1.22. The average molecular weight is 752 g/mol. The van der Waals surface area contributed by atoms with E-state index in [2.05, 4.69) is 42.5 Å². The van der Waals surface area contributed by atoms with E-state index in [0.717, 1.165) is 10.0 Å². The molecule has 14 heteroatoms. The van der Waals surface area contributed by atoms with Crippen LogP contribution in [0.3, 0.4) is 0 Å². The molecule has 3 aromatic rings. The zero-order valence-corrected chi connectivity index (χ0v) is 29.6. The average Bonchev–Trinajstić information content (AvgIpc) is 3.04. The van der Waals surface area contributed by atoms with Crippen LogP contribution in [-0.4, -0.2) is 53.4 Å². The molecule has 4 rings (SSSR count). The number of ether oxygens (including phenoxy) is 2. The van der Waals surface area contributed by atoms with Crippen LogP contribution in [-0.2, 0) is 19.1 Å². The molecule has 12 nitrogen and oxygen atoms in total. The van der Waals surface area contributed by atoms with Crippen LogP contribution in [0.4, 0.5) is 26.7 Å².